The molecule has 1 aliphatic rings. The van der Waals surface area contributed by atoms with Crippen molar-refractivity contribution in [1.82, 2.24) is 4.57 Å². The van der Waals surface area contributed by atoms with E-state index < -0.39 is 12.0 Å². The second-order valence-corrected chi connectivity index (χ2v) is 11.4. The number of hydrogen-bond donors (Lipinski definition) is 0. The SMILES string of the molecule is C#CCOc1ccc(/C=c2\sc3n(c2=O)[C@@H](c2ccc(C(C)C)cc2)C(C(=O)OCC)=C(c2ccccc2)N=3)cc1OCC. The molecule has 1 aliphatic heterocycles. The Morgan fingerprint density at radius 2 is 1.77 bits per heavy atom. The molecule has 7 nitrogen and oxygen atoms in total. The molecule has 1 aromatic heterocycles. The number of carbonyl (C=O) groups is 1. The van der Waals surface area contributed by atoms with Crippen LogP contribution in [0.2, 0.25) is 0 Å². The van der Waals surface area contributed by atoms with E-state index in [0.717, 1.165) is 22.3 Å². The number of esters is 1. The van der Waals surface area contributed by atoms with Gasteiger partial charge in [-0.05, 0) is 54.7 Å². The maximum atomic E-state index is 14.2. The normalized spacial score (nSPS) is 14.5. The average Bonchev–Trinajstić information content (AvgIpc) is 3.34. The summed E-state index contributed by atoms with van der Waals surface area (Å²) in [5, 5.41) is 0. The second kappa shape index (κ2) is 13.6. The number of thiazole rings is 1. The molecule has 0 saturated carbocycles. The number of aromatic nitrogens is 1. The highest BCUT2D eigenvalue weighted by atomic mass is 32.1. The zero-order valence-corrected chi connectivity index (χ0v) is 26.0. The van der Waals surface area contributed by atoms with Crippen LogP contribution >= 0.6 is 11.3 Å². The first-order valence-corrected chi connectivity index (χ1v) is 15.4. The second-order valence-electron chi connectivity index (χ2n) is 10.4. The minimum Gasteiger partial charge on any atom is -0.490 e. The van der Waals surface area contributed by atoms with E-state index in [1.165, 1.54) is 11.3 Å². The molecule has 0 fully saturated rings. The molecule has 0 spiro atoms. The van der Waals surface area contributed by atoms with E-state index in [4.69, 9.17) is 25.6 Å². The van der Waals surface area contributed by atoms with Crippen molar-refractivity contribution in [3.8, 4) is 23.8 Å². The van der Waals surface area contributed by atoms with Gasteiger partial charge in [0.15, 0.2) is 16.3 Å². The minimum absolute atomic E-state index is 0.114. The van der Waals surface area contributed by atoms with Crippen LogP contribution in [0.4, 0.5) is 0 Å². The van der Waals surface area contributed by atoms with Crippen molar-refractivity contribution in [3.05, 3.63) is 120 Å². The van der Waals surface area contributed by atoms with Crippen molar-refractivity contribution in [2.45, 2.75) is 39.7 Å². The average molecular weight is 607 g/mol. The lowest BCUT2D eigenvalue weighted by atomic mass is 9.91. The molecule has 0 amide bonds. The summed E-state index contributed by atoms with van der Waals surface area (Å²) in [4.78, 5) is 33.3. The van der Waals surface area contributed by atoms with E-state index in [1.54, 1.807) is 23.6 Å². The van der Waals surface area contributed by atoms with Gasteiger partial charge < -0.3 is 14.2 Å². The quantitative estimate of drug-likeness (QED) is 0.177. The summed E-state index contributed by atoms with van der Waals surface area (Å²) in [5.74, 6) is 3.34. The van der Waals surface area contributed by atoms with E-state index in [0.29, 0.717) is 44.6 Å². The van der Waals surface area contributed by atoms with Gasteiger partial charge in [0.1, 0.15) is 6.61 Å². The number of carbonyl (C=O) groups excluding carboxylic acids is 1. The molecule has 8 heteroatoms. The van der Waals surface area contributed by atoms with Crippen LogP contribution < -0.4 is 24.4 Å². The smallest absolute Gasteiger partial charge is 0.338 e. The van der Waals surface area contributed by atoms with Gasteiger partial charge in [-0.2, -0.15) is 0 Å². The highest BCUT2D eigenvalue weighted by Crippen LogP contribution is 2.36. The summed E-state index contributed by atoms with van der Waals surface area (Å²) in [6.07, 6.45) is 7.16. The maximum absolute atomic E-state index is 14.2. The third kappa shape index (κ3) is 6.24. The third-order valence-corrected chi connectivity index (χ3v) is 8.15. The highest BCUT2D eigenvalue weighted by Gasteiger charge is 2.35. The van der Waals surface area contributed by atoms with Gasteiger partial charge in [0.05, 0.1) is 35.1 Å². The number of fused-ring (bicyclic) bond motifs is 1. The van der Waals surface area contributed by atoms with Crippen LogP contribution in [-0.2, 0) is 9.53 Å². The molecule has 0 unspecified atom stereocenters. The Balaban J connectivity index is 1.74. The molecule has 224 valence electrons. The first-order chi connectivity index (χ1) is 21.4. The van der Waals surface area contributed by atoms with Crippen LogP contribution in [0, 0.1) is 12.3 Å². The van der Waals surface area contributed by atoms with Crippen LogP contribution in [-0.4, -0.2) is 30.4 Å². The molecular formula is C36H34N2O5S. The molecule has 0 saturated heterocycles. The zero-order chi connectivity index (χ0) is 31.2. The Kier molecular flexibility index (Phi) is 9.47. The van der Waals surface area contributed by atoms with Crippen LogP contribution in [0.15, 0.2) is 88.2 Å². The molecule has 4 aromatic rings. The third-order valence-electron chi connectivity index (χ3n) is 7.17. The predicted octanol–water partition coefficient (Wildman–Crippen LogP) is 5.47. The van der Waals surface area contributed by atoms with E-state index >= 15 is 0 Å². The number of rotatable bonds is 10. The Bertz CT molecular complexity index is 1910. The summed E-state index contributed by atoms with van der Waals surface area (Å²) < 4.78 is 19.0. The van der Waals surface area contributed by atoms with Crippen molar-refractivity contribution >= 4 is 29.1 Å². The van der Waals surface area contributed by atoms with Crippen LogP contribution in [0.3, 0.4) is 0 Å². The van der Waals surface area contributed by atoms with Crippen molar-refractivity contribution in [2.24, 2.45) is 4.99 Å². The molecule has 3 aromatic carbocycles. The van der Waals surface area contributed by atoms with Gasteiger partial charge in [0.25, 0.3) is 5.56 Å². The molecule has 0 bridgehead atoms. The van der Waals surface area contributed by atoms with Crippen molar-refractivity contribution < 1.29 is 19.0 Å². The number of hydrogen-bond acceptors (Lipinski definition) is 7. The largest absolute Gasteiger partial charge is 0.490 e. The van der Waals surface area contributed by atoms with Gasteiger partial charge in [0.2, 0.25) is 0 Å². The Hall–Kier alpha value is -4.87. The molecule has 0 radical (unpaired) electrons. The Morgan fingerprint density at radius 1 is 1.02 bits per heavy atom. The molecular weight excluding hydrogens is 572 g/mol. The molecule has 1 atom stereocenters. The first-order valence-electron chi connectivity index (χ1n) is 14.6. The number of terminal acetylenes is 1. The summed E-state index contributed by atoms with van der Waals surface area (Å²) in [6, 6.07) is 22.3. The first kappa shape index (κ1) is 30.6. The fourth-order valence-electron chi connectivity index (χ4n) is 5.09. The van der Waals surface area contributed by atoms with E-state index in [9.17, 15) is 9.59 Å². The number of benzene rings is 3. The fourth-order valence-corrected chi connectivity index (χ4v) is 6.09. The fraction of sp³-hybridized carbons (Fsp3) is 0.250. The van der Waals surface area contributed by atoms with Gasteiger partial charge in [-0.15, -0.1) is 6.42 Å². The number of ether oxygens (including phenoxy) is 3. The highest BCUT2D eigenvalue weighted by molar-refractivity contribution is 7.07. The standard InChI is InChI=1S/C36H34N2O5S/c1-6-20-43-28-19-14-24(21-29(28)41-7-2)22-30-34(39)38-33(27-17-15-25(16-18-27)23(4)5)31(35(40)42-8-3)32(37-36(38)44-30)26-12-10-9-11-13-26/h1,9-19,21-23,33H,7-8,20H2,2-5H3/b30-22-/t33-/m0/s1. The lowest BCUT2D eigenvalue weighted by molar-refractivity contribution is -0.138. The van der Waals surface area contributed by atoms with Gasteiger partial charge in [-0.1, -0.05) is 91.8 Å². The Labute approximate surface area is 260 Å². The molecule has 0 aliphatic carbocycles. The van der Waals surface area contributed by atoms with Crippen LogP contribution in [0.25, 0.3) is 11.8 Å². The van der Waals surface area contributed by atoms with Crippen LogP contribution in [0.1, 0.15) is 61.9 Å². The van der Waals surface area contributed by atoms with Gasteiger partial charge in [-0.3, -0.25) is 9.36 Å². The summed E-state index contributed by atoms with van der Waals surface area (Å²) in [7, 11) is 0. The summed E-state index contributed by atoms with van der Waals surface area (Å²) in [5.41, 5.74) is 4.02. The lowest BCUT2D eigenvalue weighted by Gasteiger charge is -2.26. The minimum atomic E-state index is -0.734. The lowest BCUT2D eigenvalue weighted by Crippen LogP contribution is -2.40. The molecule has 44 heavy (non-hydrogen) atoms. The van der Waals surface area contributed by atoms with Crippen molar-refractivity contribution in [2.75, 3.05) is 19.8 Å². The molecule has 5 rings (SSSR count). The monoisotopic (exact) mass is 606 g/mol. The molecule has 0 N–H and O–H groups in total. The zero-order valence-electron chi connectivity index (χ0n) is 25.2. The summed E-state index contributed by atoms with van der Waals surface area (Å²) in [6.45, 7) is 8.64. The van der Waals surface area contributed by atoms with Crippen molar-refractivity contribution in [3.63, 3.8) is 0 Å². The Morgan fingerprint density at radius 3 is 2.43 bits per heavy atom. The van der Waals surface area contributed by atoms with Gasteiger partial charge in [0, 0.05) is 5.56 Å². The van der Waals surface area contributed by atoms with E-state index in [2.05, 4.69) is 19.8 Å². The van der Waals surface area contributed by atoms with Crippen molar-refractivity contribution in [1.29, 1.82) is 0 Å². The topological polar surface area (TPSA) is 79.1 Å². The maximum Gasteiger partial charge on any atom is 0.338 e. The van der Waals surface area contributed by atoms with Gasteiger partial charge in [-0.25, -0.2) is 9.79 Å². The van der Waals surface area contributed by atoms with E-state index in [-0.39, 0.29) is 18.8 Å². The summed E-state index contributed by atoms with van der Waals surface area (Å²) >= 11 is 1.27. The van der Waals surface area contributed by atoms with E-state index in [1.807, 2.05) is 73.7 Å². The van der Waals surface area contributed by atoms with Gasteiger partial charge >= 0.3 is 5.97 Å². The predicted molar refractivity (Wildman–Crippen MR) is 174 cm³/mol. The van der Waals surface area contributed by atoms with Crippen LogP contribution in [0.5, 0.6) is 11.5 Å². The molecule has 2 heterocycles. The number of nitrogens with zero attached hydrogens (tertiary/aromatic N) is 2.